The van der Waals surface area contributed by atoms with Crippen LogP contribution in [0.2, 0.25) is 10.0 Å². The lowest BCUT2D eigenvalue weighted by Crippen LogP contribution is -2.13. The van der Waals surface area contributed by atoms with Crippen LogP contribution >= 0.6 is 23.2 Å². The predicted molar refractivity (Wildman–Crippen MR) is 102 cm³/mol. The molecular formula is C19H12Cl2FNO5. The molecular weight excluding hydrogens is 412 g/mol. The maximum Gasteiger partial charge on any atom is 0.335 e. The number of carbonyl (C=O) groups excluding carboxylic acids is 1. The van der Waals surface area contributed by atoms with Crippen molar-refractivity contribution < 1.29 is 28.2 Å². The summed E-state index contributed by atoms with van der Waals surface area (Å²) in [4.78, 5) is 23.7. The zero-order chi connectivity index (χ0) is 20.4. The number of rotatable bonds is 5. The van der Waals surface area contributed by atoms with Gasteiger partial charge in [0.1, 0.15) is 11.6 Å². The molecule has 3 rings (SSSR count). The Morgan fingerprint density at radius 3 is 2.50 bits per heavy atom. The van der Waals surface area contributed by atoms with Crippen LogP contribution in [-0.4, -0.2) is 24.1 Å². The van der Waals surface area contributed by atoms with Crippen LogP contribution in [0.3, 0.4) is 0 Å². The van der Waals surface area contributed by atoms with Crippen LogP contribution in [-0.2, 0) is 0 Å². The third-order valence-corrected chi connectivity index (χ3v) is 4.35. The van der Waals surface area contributed by atoms with Crippen molar-refractivity contribution in [1.82, 2.24) is 0 Å². The van der Waals surface area contributed by atoms with Gasteiger partial charge in [0.15, 0.2) is 11.5 Å². The number of halogens is 3. The van der Waals surface area contributed by atoms with E-state index in [1.165, 1.54) is 49.6 Å². The summed E-state index contributed by atoms with van der Waals surface area (Å²) in [6.07, 6.45) is 0. The van der Waals surface area contributed by atoms with Crippen molar-refractivity contribution in [2.75, 3.05) is 12.4 Å². The van der Waals surface area contributed by atoms with Gasteiger partial charge in [-0.1, -0.05) is 23.2 Å². The van der Waals surface area contributed by atoms with Crippen molar-refractivity contribution in [2.24, 2.45) is 0 Å². The molecule has 6 nitrogen and oxygen atoms in total. The summed E-state index contributed by atoms with van der Waals surface area (Å²) in [6.45, 7) is 0. The molecule has 0 aliphatic rings. The number of carboxylic acid groups (broad SMARTS) is 1. The fraction of sp³-hybridized carbons (Fsp3) is 0.0526. The number of anilines is 1. The molecule has 2 N–H and O–H groups in total. The van der Waals surface area contributed by atoms with Crippen LogP contribution < -0.4 is 10.1 Å². The fourth-order valence-corrected chi connectivity index (χ4v) is 2.94. The van der Waals surface area contributed by atoms with Gasteiger partial charge in [0.25, 0.3) is 5.91 Å². The van der Waals surface area contributed by atoms with Crippen molar-refractivity contribution in [3.05, 3.63) is 69.7 Å². The number of methoxy groups -OCH3 is 1. The van der Waals surface area contributed by atoms with E-state index in [1.807, 2.05) is 0 Å². The number of amides is 1. The lowest BCUT2D eigenvalue weighted by Gasteiger charge is -2.12. The third-order valence-electron chi connectivity index (χ3n) is 3.78. The number of benzene rings is 2. The van der Waals surface area contributed by atoms with E-state index in [0.29, 0.717) is 11.3 Å². The summed E-state index contributed by atoms with van der Waals surface area (Å²) < 4.78 is 23.9. The van der Waals surface area contributed by atoms with Crippen molar-refractivity contribution in [3.63, 3.8) is 0 Å². The van der Waals surface area contributed by atoms with E-state index in [1.54, 1.807) is 0 Å². The number of ether oxygens (including phenoxy) is 1. The Morgan fingerprint density at radius 2 is 1.86 bits per heavy atom. The molecule has 1 heterocycles. The van der Waals surface area contributed by atoms with Gasteiger partial charge in [-0.15, -0.1) is 0 Å². The van der Waals surface area contributed by atoms with E-state index < -0.39 is 17.7 Å². The van der Waals surface area contributed by atoms with Crippen molar-refractivity contribution in [3.8, 4) is 17.1 Å². The van der Waals surface area contributed by atoms with Crippen LogP contribution in [0, 0.1) is 5.82 Å². The molecule has 2 aromatic carbocycles. The minimum absolute atomic E-state index is 0.0267. The lowest BCUT2D eigenvalue weighted by molar-refractivity contribution is 0.0696. The van der Waals surface area contributed by atoms with Crippen molar-refractivity contribution in [1.29, 1.82) is 0 Å². The van der Waals surface area contributed by atoms with Gasteiger partial charge >= 0.3 is 5.97 Å². The van der Waals surface area contributed by atoms with Gasteiger partial charge in [-0.3, -0.25) is 4.79 Å². The molecule has 0 radical (unpaired) electrons. The van der Waals surface area contributed by atoms with Gasteiger partial charge in [0.05, 0.1) is 28.4 Å². The Bertz CT molecular complexity index is 1080. The normalized spacial score (nSPS) is 10.6. The number of carbonyl (C=O) groups is 2. The molecule has 0 atom stereocenters. The van der Waals surface area contributed by atoms with Gasteiger partial charge in [-0.25, -0.2) is 9.18 Å². The zero-order valence-electron chi connectivity index (χ0n) is 14.3. The van der Waals surface area contributed by atoms with Gasteiger partial charge in [0.2, 0.25) is 0 Å². The average Bonchev–Trinajstić information content (AvgIpc) is 3.14. The Kier molecular flexibility index (Phi) is 5.58. The zero-order valence-corrected chi connectivity index (χ0v) is 15.8. The molecule has 0 unspecified atom stereocenters. The number of carboxylic acids is 1. The van der Waals surface area contributed by atoms with E-state index in [0.717, 1.165) is 0 Å². The van der Waals surface area contributed by atoms with Crippen molar-refractivity contribution in [2.45, 2.75) is 0 Å². The molecule has 0 fully saturated rings. The SMILES string of the molecule is COc1c(Cl)cc(C(=O)O)cc1NC(=O)c1ccc(-c2ccc(F)c(Cl)c2)o1. The molecule has 0 aliphatic heterocycles. The summed E-state index contributed by atoms with van der Waals surface area (Å²) in [5.74, 6) is -2.09. The summed E-state index contributed by atoms with van der Waals surface area (Å²) in [5, 5.41) is 11.6. The monoisotopic (exact) mass is 423 g/mol. The van der Waals surface area contributed by atoms with E-state index in [-0.39, 0.29) is 32.8 Å². The molecule has 0 spiro atoms. The first-order valence-corrected chi connectivity index (χ1v) is 8.53. The molecule has 9 heteroatoms. The Hall–Kier alpha value is -3.03. The Balaban J connectivity index is 1.89. The first-order chi connectivity index (χ1) is 13.3. The third kappa shape index (κ3) is 3.95. The number of furan rings is 1. The molecule has 28 heavy (non-hydrogen) atoms. The van der Waals surface area contributed by atoms with Gasteiger partial charge in [0, 0.05) is 5.56 Å². The highest BCUT2D eigenvalue weighted by molar-refractivity contribution is 6.33. The van der Waals surface area contributed by atoms with E-state index in [2.05, 4.69) is 5.32 Å². The second kappa shape index (κ2) is 7.92. The molecule has 0 saturated heterocycles. The molecule has 144 valence electrons. The molecule has 1 aromatic heterocycles. The van der Waals surface area contributed by atoms with Crippen LogP contribution in [0.4, 0.5) is 10.1 Å². The maximum absolute atomic E-state index is 13.3. The second-order valence-corrected chi connectivity index (χ2v) is 6.41. The van der Waals surface area contributed by atoms with Crippen molar-refractivity contribution >= 4 is 40.8 Å². The minimum Gasteiger partial charge on any atom is -0.493 e. The predicted octanol–water partition coefficient (Wildman–Crippen LogP) is 5.35. The summed E-state index contributed by atoms with van der Waals surface area (Å²) in [7, 11) is 1.33. The molecule has 0 aliphatic carbocycles. The Labute approximate surface area is 168 Å². The fourth-order valence-electron chi connectivity index (χ4n) is 2.47. The van der Waals surface area contributed by atoms with Crippen LogP contribution in [0.15, 0.2) is 46.9 Å². The molecule has 3 aromatic rings. The van der Waals surface area contributed by atoms with Gasteiger partial charge in [-0.05, 0) is 42.5 Å². The summed E-state index contributed by atoms with van der Waals surface area (Å²) in [6, 6.07) is 9.38. The highest BCUT2D eigenvalue weighted by atomic mass is 35.5. The lowest BCUT2D eigenvalue weighted by atomic mass is 10.1. The molecule has 0 bridgehead atoms. The number of aromatic carboxylic acids is 1. The van der Waals surface area contributed by atoms with E-state index in [4.69, 9.17) is 37.5 Å². The largest absolute Gasteiger partial charge is 0.493 e. The van der Waals surface area contributed by atoms with Crippen LogP contribution in [0.1, 0.15) is 20.9 Å². The first-order valence-electron chi connectivity index (χ1n) is 7.77. The molecule has 0 saturated carbocycles. The first kappa shape index (κ1) is 19.7. The molecule has 1 amide bonds. The van der Waals surface area contributed by atoms with E-state index >= 15 is 0 Å². The number of nitrogens with one attached hydrogen (secondary N) is 1. The minimum atomic E-state index is -1.21. The van der Waals surface area contributed by atoms with Crippen LogP contribution in [0.5, 0.6) is 5.75 Å². The highest BCUT2D eigenvalue weighted by Crippen LogP contribution is 2.35. The number of hydrogen-bond donors (Lipinski definition) is 2. The Morgan fingerprint density at radius 1 is 1.11 bits per heavy atom. The summed E-state index contributed by atoms with van der Waals surface area (Å²) >= 11 is 11.8. The topological polar surface area (TPSA) is 88.8 Å². The highest BCUT2D eigenvalue weighted by Gasteiger charge is 2.19. The smallest absolute Gasteiger partial charge is 0.335 e. The second-order valence-electron chi connectivity index (χ2n) is 5.59. The standard InChI is InChI=1S/C19H12Cl2FNO5/c1-27-17-12(21)7-10(19(25)26)8-14(17)23-18(24)16-5-4-15(28-16)9-2-3-13(22)11(20)6-9/h2-8H,1H3,(H,23,24)(H,25,26). The van der Waals surface area contributed by atoms with Gasteiger partial charge < -0.3 is 19.6 Å². The van der Waals surface area contributed by atoms with E-state index in [9.17, 15) is 14.0 Å². The number of hydrogen-bond acceptors (Lipinski definition) is 4. The quantitative estimate of drug-likeness (QED) is 0.577. The average molecular weight is 424 g/mol. The van der Waals surface area contributed by atoms with Crippen LogP contribution in [0.25, 0.3) is 11.3 Å². The maximum atomic E-state index is 13.3. The van der Waals surface area contributed by atoms with Gasteiger partial charge in [-0.2, -0.15) is 0 Å². The summed E-state index contributed by atoms with van der Waals surface area (Å²) in [5.41, 5.74) is 0.432.